The van der Waals surface area contributed by atoms with Crippen LogP contribution in [0.25, 0.3) is 0 Å². The summed E-state index contributed by atoms with van der Waals surface area (Å²) in [5.74, 6) is -0.336. The van der Waals surface area contributed by atoms with Crippen molar-refractivity contribution in [1.29, 1.82) is 5.26 Å². The lowest BCUT2D eigenvalue weighted by atomic mass is 10.1. The van der Waals surface area contributed by atoms with Crippen molar-refractivity contribution in [2.45, 2.75) is 23.5 Å². The number of carbonyl (C=O) groups excluding carboxylic acids is 1. The maximum absolute atomic E-state index is 13.2. The van der Waals surface area contributed by atoms with Gasteiger partial charge in [0.1, 0.15) is 10.9 Å². The summed E-state index contributed by atoms with van der Waals surface area (Å²) in [6.07, 6.45) is -3.86. The minimum atomic E-state index is -4.75. The lowest BCUT2D eigenvalue weighted by molar-refractivity contribution is -0.140. The summed E-state index contributed by atoms with van der Waals surface area (Å²) >= 11 is 0.634. The van der Waals surface area contributed by atoms with Gasteiger partial charge in [0.15, 0.2) is 10.8 Å². The molecule has 1 aromatic heterocycles. The molecule has 5 rings (SSSR count). The Morgan fingerprint density at radius 1 is 1.07 bits per heavy atom. The number of nitrogens with zero attached hydrogens (tertiary/aromatic N) is 5. The Morgan fingerprint density at radius 3 is 2.37 bits per heavy atom. The predicted octanol–water partition coefficient (Wildman–Crippen LogP) is 3.33. The monoisotopic (exact) mass is 605 g/mol. The molecule has 2 aliphatic rings. The van der Waals surface area contributed by atoms with Crippen LogP contribution >= 0.6 is 11.3 Å². The zero-order valence-corrected chi connectivity index (χ0v) is 23.3. The Balaban J connectivity index is 1.21. The number of amides is 1. The van der Waals surface area contributed by atoms with E-state index in [1.807, 2.05) is 6.07 Å². The third-order valence-electron chi connectivity index (χ3n) is 6.94. The molecule has 2 aliphatic heterocycles. The molecule has 0 unspecified atom stereocenters. The number of rotatable bonds is 6. The number of nitrogens with two attached hydrogens (primary N) is 1. The number of hydrogen-bond donors (Lipinski definition) is 2. The smallest absolute Gasteiger partial charge is 0.370 e. The van der Waals surface area contributed by atoms with Crippen LogP contribution < -0.4 is 20.9 Å². The maximum atomic E-state index is 13.2. The second kappa shape index (κ2) is 11.3. The molecule has 0 aliphatic carbocycles. The Kier molecular flexibility index (Phi) is 7.93. The summed E-state index contributed by atoms with van der Waals surface area (Å²) < 4.78 is 67.1. The molecule has 15 heteroatoms. The normalized spacial score (nSPS) is 18.4. The molecule has 0 spiro atoms. The second-order valence-corrected chi connectivity index (χ2v) is 12.6. The Morgan fingerprint density at radius 2 is 1.78 bits per heavy atom. The van der Waals surface area contributed by atoms with Crippen LogP contribution in [0.1, 0.15) is 27.3 Å². The lowest BCUT2D eigenvalue weighted by Gasteiger charge is -2.33. The minimum Gasteiger partial charge on any atom is -0.370 e. The van der Waals surface area contributed by atoms with E-state index in [9.17, 15) is 26.4 Å². The maximum Gasteiger partial charge on any atom is 0.435 e. The summed E-state index contributed by atoms with van der Waals surface area (Å²) in [7, 11) is -3.89. The SMILES string of the molecule is N#Cc1sc(N2CCN(S(=O)(=O)c3ccc(NC(=O)c4cccc(N5CC[C@H](N)C5)c4)cc3)CC2)nc1C(F)(F)F. The van der Waals surface area contributed by atoms with Gasteiger partial charge in [0.25, 0.3) is 5.91 Å². The van der Waals surface area contributed by atoms with Crippen molar-refractivity contribution < 1.29 is 26.4 Å². The van der Waals surface area contributed by atoms with Crippen molar-refractivity contribution in [3.63, 3.8) is 0 Å². The van der Waals surface area contributed by atoms with E-state index in [4.69, 9.17) is 11.0 Å². The van der Waals surface area contributed by atoms with Crippen LogP contribution in [0.5, 0.6) is 0 Å². The van der Waals surface area contributed by atoms with Gasteiger partial charge in [-0.1, -0.05) is 17.4 Å². The first-order valence-corrected chi connectivity index (χ1v) is 15.0. The number of nitriles is 1. The highest BCUT2D eigenvalue weighted by molar-refractivity contribution is 7.89. The standard InChI is InChI=1S/C26H26F3N7O3S2/c27-26(28,29)23-22(15-30)40-25(33-23)34-10-12-36(13-11-34)41(38,39)21-6-4-19(5-7-21)32-24(37)17-2-1-3-20(14-17)35-9-8-18(31)16-35/h1-7,14,18H,8-13,16,31H2,(H,32,37)/t18-/m0/s1. The van der Waals surface area contributed by atoms with Crippen LogP contribution in [0, 0.1) is 11.3 Å². The Bertz CT molecular complexity index is 1580. The van der Waals surface area contributed by atoms with E-state index in [1.165, 1.54) is 34.6 Å². The van der Waals surface area contributed by atoms with Crippen molar-refractivity contribution >= 4 is 43.8 Å². The van der Waals surface area contributed by atoms with Crippen LogP contribution in [0.15, 0.2) is 53.4 Å². The Labute approximate surface area is 238 Å². The molecular weight excluding hydrogens is 579 g/mol. The van der Waals surface area contributed by atoms with Gasteiger partial charge in [-0.3, -0.25) is 4.79 Å². The molecule has 1 atom stereocenters. The van der Waals surface area contributed by atoms with Crippen LogP contribution in [0.3, 0.4) is 0 Å². The molecule has 0 bridgehead atoms. The molecular formula is C26H26F3N7O3S2. The summed E-state index contributed by atoms with van der Waals surface area (Å²) in [4.78, 5) is 19.6. The zero-order valence-electron chi connectivity index (χ0n) is 21.6. The number of alkyl halides is 3. The molecule has 3 N–H and O–H groups in total. The van der Waals surface area contributed by atoms with Crippen LogP contribution in [0.2, 0.25) is 0 Å². The first kappa shape index (κ1) is 28.8. The topological polar surface area (TPSA) is 136 Å². The van der Waals surface area contributed by atoms with Gasteiger partial charge in [0.05, 0.1) is 4.90 Å². The van der Waals surface area contributed by atoms with Crippen molar-refractivity contribution in [3.05, 3.63) is 64.7 Å². The first-order chi connectivity index (χ1) is 19.5. The second-order valence-electron chi connectivity index (χ2n) is 9.70. The fourth-order valence-electron chi connectivity index (χ4n) is 4.76. The van der Waals surface area contributed by atoms with E-state index in [-0.39, 0.29) is 48.2 Å². The summed E-state index contributed by atoms with van der Waals surface area (Å²) in [6, 6.07) is 14.7. The largest absolute Gasteiger partial charge is 0.435 e. The number of nitrogens with one attached hydrogen (secondary N) is 1. The highest BCUT2D eigenvalue weighted by Gasteiger charge is 2.39. The van der Waals surface area contributed by atoms with Crippen molar-refractivity contribution in [1.82, 2.24) is 9.29 Å². The van der Waals surface area contributed by atoms with Crippen LogP contribution in [0.4, 0.5) is 29.7 Å². The third-order valence-corrected chi connectivity index (χ3v) is 9.88. The number of halogens is 3. The first-order valence-electron chi connectivity index (χ1n) is 12.7. The fourth-order valence-corrected chi connectivity index (χ4v) is 7.12. The molecule has 41 heavy (non-hydrogen) atoms. The van der Waals surface area contributed by atoms with Crippen LogP contribution in [-0.2, 0) is 16.2 Å². The van der Waals surface area contributed by atoms with E-state index in [2.05, 4.69) is 15.2 Å². The highest BCUT2D eigenvalue weighted by atomic mass is 32.2. The van der Waals surface area contributed by atoms with Gasteiger partial charge in [0, 0.05) is 62.2 Å². The molecule has 216 valence electrons. The number of anilines is 3. The molecule has 0 saturated carbocycles. The third kappa shape index (κ3) is 6.15. The number of hydrogen-bond acceptors (Lipinski definition) is 9. The van der Waals surface area contributed by atoms with Gasteiger partial charge in [0.2, 0.25) is 10.0 Å². The Hall–Kier alpha value is -3.71. The number of carbonyl (C=O) groups is 1. The molecule has 2 saturated heterocycles. The van der Waals surface area contributed by atoms with Gasteiger partial charge < -0.3 is 20.9 Å². The van der Waals surface area contributed by atoms with E-state index in [1.54, 1.807) is 23.1 Å². The van der Waals surface area contributed by atoms with E-state index in [0.29, 0.717) is 22.6 Å². The number of sulfonamides is 1. The number of aromatic nitrogens is 1. The van der Waals surface area contributed by atoms with Gasteiger partial charge in [-0.25, -0.2) is 13.4 Å². The summed E-state index contributed by atoms with van der Waals surface area (Å²) in [5, 5.41) is 11.9. The molecule has 1 amide bonds. The summed E-state index contributed by atoms with van der Waals surface area (Å²) in [6.45, 7) is 1.84. The number of piperazine rings is 1. The molecule has 3 heterocycles. The van der Waals surface area contributed by atoms with Gasteiger partial charge in [-0.2, -0.15) is 22.7 Å². The van der Waals surface area contributed by atoms with Gasteiger partial charge in [-0.15, -0.1) is 0 Å². The number of thiazole rings is 1. The molecule has 2 fully saturated rings. The van der Waals surface area contributed by atoms with Crippen molar-refractivity contribution in [3.8, 4) is 6.07 Å². The zero-order chi connectivity index (χ0) is 29.4. The molecule has 0 radical (unpaired) electrons. The van der Waals surface area contributed by atoms with E-state index >= 15 is 0 Å². The quantitative estimate of drug-likeness (QED) is 0.437. The molecule has 2 aromatic carbocycles. The average molecular weight is 606 g/mol. The van der Waals surface area contributed by atoms with Crippen molar-refractivity contribution in [2.24, 2.45) is 5.73 Å². The molecule has 3 aromatic rings. The highest BCUT2D eigenvalue weighted by Crippen LogP contribution is 2.37. The predicted molar refractivity (Wildman–Crippen MR) is 148 cm³/mol. The van der Waals surface area contributed by atoms with E-state index < -0.39 is 26.8 Å². The fraction of sp³-hybridized carbons (Fsp3) is 0.346. The van der Waals surface area contributed by atoms with E-state index in [0.717, 1.165) is 25.2 Å². The van der Waals surface area contributed by atoms with Crippen molar-refractivity contribution in [2.75, 3.05) is 54.4 Å². The van der Waals surface area contributed by atoms with Gasteiger partial charge in [-0.05, 0) is 48.9 Å². The lowest BCUT2D eigenvalue weighted by Crippen LogP contribution is -2.48. The molecule has 10 nitrogen and oxygen atoms in total. The van der Waals surface area contributed by atoms with Gasteiger partial charge >= 0.3 is 6.18 Å². The van der Waals surface area contributed by atoms with Crippen LogP contribution in [-0.4, -0.2) is 68.9 Å². The average Bonchev–Trinajstić information content (AvgIpc) is 3.60. The number of benzene rings is 2. The summed E-state index contributed by atoms with van der Waals surface area (Å²) in [5.41, 5.74) is 6.55. The minimum absolute atomic E-state index is 0.0247.